The number of carbonyl (C=O) groups is 1. The van der Waals surface area contributed by atoms with E-state index in [4.69, 9.17) is 4.74 Å². The molecule has 1 saturated heterocycles. The van der Waals surface area contributed by atoms with Crippen LogP contribution in [-0.2, 0) is 6.42 Å². The highest BCUT2D eigenvalue weighted by atomic mass is 16.5. The Balaban J connectivity index is 1.57. The lowest BCUT2D eigenvalue weighted by Gasteiger charge is -2.35. The van der Waals surface area contributed by atoms with Gasteiger partial charge in [0.05, 0.1) is 7.11 Å². The predicted octanol–water partition coefficient (Wildman–Crippen LogP) is 2.42. The monoisotopic (exact) mass is 353 g/mol. The number of piperazine rings is 1. The molecule has 0 aromatic heterocycles. The van der Waals surface area contributed by atoms with Gasteiger partial charge < -0.3 is 19.9 Å². The fraction of sp³-hybridized carbons (Fsp3) is 0.381. The van der Waals surface area contributed by atoms with Crippen molar-refractivity contribution in [3.8, 4) is 5.75 Å². The molecule has 3 rings (SSSR count). The van der Waals surface area contributed by atoms with Gasteiger partial charge in [-0.2, -0.15) is 0 Å². The third-order valence-corrected chi connectivity index (χ3v) is 4.87. The smallest absolute Gasteiger partial charge is 0.251 e. The number of anilines is 1. The molecule has 138 valence electrons. The Labute approximate surface area is 155 Å². The summed E-state index contributed by atoms with van der Waals surface area (Å²) in [6.45, 7) is 4.89. The zero-order valence-corrected chi connectivity index (χ0v) is 15.6. The largest absolute Gasteiger partial charge is 0.497 e. The Morgan fingerprint density at radius 2 is 1.73 bits per heavy atom. The van der Waals surface area contributed by atoms with E-state index in [0.29, 0.717) is 12.1 Å². The molecule has 2 aromatic rings. The van der Waals surface area contributed by atoms with Gasteiger partial charge in [0.1, 0.15) is 5.75 Å². The maximum atomic E-state index is 12.3. The average Bonchev–Trinajstić information content (AvgIpc) is 2.69. The minimum absolute atomic E-state index is 0.0512. The van der Waals surface area contributed by atoms with Crippen molar-refractivity contribution >= 4 is 11.6 Å². The van der Waals surface area contributed by atoms with Crippen LogP contribution in [0, 0.1) is 0 Å². The summed E-state index contributed by atoms with van der Waals surface area (Å²) in [4.78, 5) is 17.1. The number of benzene rings is 2. The predicted molar refractivity (Wildman–Crippen MR) is 105 cm³/mol. The lowest BCUT2D eigenvalue weighted by molar-refractivity contribution is 0.0954. The van der Waals surface area contributed by atoms with Crippen molar-refractivity contribution in [3.05, 3.63) is 59.7 Å². The van der Waals surface area contributed by atoms with Gasteiger partial charge in [0.2, 0.25) is 0 Å². The number of nitrogens with zero attached hydrogens (tertiary/aromatic N) is 2. The molecule has 0 aliphatic carbocycles. The lowest BCUT2D eigenvalue weighted by Crippen LogP contribution is -2.44. The zero-order chi connectivity index (χ0) is 18.4. The van der Waals surface area contributed by atoms with Crippen LogP contribution >= 0.6 is 0 Å². The SMILES string of the molecule is COc1ccc(C(=O)NCCc2ccccc2N2CCN(C)CC2)cc1. The van der Waals surface area contributed by atoms with Crippen molar-refractivity contribution in [3.63, 3.8) is 0 Å². The van der Waals surface area contributed by atoms with Crippen LogP contribution in [0.2, 0.25) is 0 Å². The second-order valence-corrected chi connectivity index (χ2v) is 6.65. The van der Waals surface area contributed by atoms with Gasteiger partial charge in [-0.25, -0.2) is 0 Å². The maximum Gasteiger partial charge on any atom is 0.251 e. The third-order valence-electron chi connectivity index (χ3n) is 4.87. The van der Waals surface area contributed by atoms with Crippen LogP contribution in [0.1, 0.15) is 15.9 Å². The van der Waals surface area contributed by atoms with E-state index in [1.54, 1.807) is 31.4 Å². The molecule has 26 heavy (non-hydrogen) atoms. The molecular weight excluding hydrogens is 326 g/mol. The fourth-order valence-electron chi connectivity index (χ4n) is 3.23. The summed E-state index contributed by atoms with van der Waals surface area (Å²) in [5, 5.41) is 3.02. The number of nitrogens with one attached hydrogen (secondary N) is 1. The van der Waals surface area contributed by atoms with Crippen LogP contribution < -0.4 is 15.0 Å². The van der Waals surface area contributed by atoms with Gasteiger partial charge in [-0.3, -0.25) is 4.79 Å². The summed E-state index contributed by atoms with van der Waals surface area (Å²) in [5.74, 6) is 0.701. The van der Waals surface area contributed by atoms with Crippen LogP contribution in [0.25, 0.3) is 0 Å². The highest BCUT2D eigenvalue weighted by Crippen LogP contribution is 2.22. The van der Waals surface area contributed by atoms with Gasteiger partial charge in [-0.05, 0) is 49.4 Å². The minimum atomic E-state index is -0.0512. The first-order valence-electron chi connectivity index (χ1n) is 9.11. The highest BCUT2D eigenvalue weighted by molar-refractivity contribution is 5.94. The highest BCUT2D eigenvalue weighted by Gasteiger charge is 2.16. The van der Waals surface area contributed by atoms with Gasteiger partial charge in [-0.1, -0.05) is 18.2 Å². The van der Waals surface area contributed by atoms with E-state index >= 15 is 0 Å². The molecule has 1 aliphatic rings. The van der Waals surface area contributed by atoms with E-state index in [0.717, 1.165) is 38.3 Å². The first-order valence-corrected chi connectivity index (χ1v) is 9.11. The van der Waals surface area contributed by atoms with Gasteiger partial charge in [0.15, 0.2) is 0 Å². The van der Waals surface area contributed by atoms with Crippen LogP contribution in [0.5, 0.6) is 5.75 Å². The Kier molecular flexibility index (Phi) is 6.12. The molecule has 0 spiro atoms. The Morgan fingerprint density at radius 3 is 2.42 bits per heavy atom. The molecule has 0 atom stereocenters. The minimum Gasteiger partial charge on any atom is -0.497 e. The van der Waals surface area contributed by atoms with Gasteiger partial charge in [0, 0.05) is 44.0 Å². The summed E-state index contributed by atoms with van der Waals surface area (Å²) in [7, 11) is 3.78. The molecule has 1 aliphatic heterocycles. The second kappa shape index (κ2) is 8.72. The molecule has 0 radical (unpaired) electrons. The third kappa shape index (κ3) is 4.55. The van der Waals surface area contributed by atoms with E-state index in [1.807, 2.05) is 0 Å². The topological polar surface area (TPSA) is 44.8 Å². The number of para-hydroxylation sites is 1. The summed E-state index contributed by atoms with van der Waals surface area (Å²) >= 11 is 0. The maximum absolute atomic E-state index is 12.3. The van der Waals surface area contributed by atoms with E-state index in [1.165, 1.54) is 11.3 Å². The Bertz CT molecular complexity index is 722. The number of hydrogen-bond donors (Lipinski definition) is 1. The standard InChI is InChI=1S/C21H27N3O2/c1-23-13-15-24(16-14-23)20-6-4-3-5-17(20)11-12-22-21(25)18-7-9-19(26-2)10-8-18/h3-10H,11-16H2,1-2H3,(H,22,25). The molecule has 0 bridgehead atoms. The Morgan fingerprint density at radius 1 is 1.04 bits per heavy atom. The molecule has 1 amide bonds. The first kappa shape index (κ1) is 18.3. The van der Waals surface area contributed by atoms with Crippen molar-refractivity contribution in [1.29, 1.82) is 0 Å². The normalized spacial score (nSPS) is 14.9. The molecule has 1 heterocycles. The van der Waals surface area contributed by atoms with E-state index in [2.05, 4.69) is 46.4 Å². The van der Waals surface area contributed by atoms with E-state index in [-0.39, 0.29) is 5.91 Å². The van der Waals surface area contributed by atoms with E-state index < -0.39 is 0 Å². The number of carbonyl (C=O) groups excluding carboxylic acids is 1. The molecule has 0 unspecified atom stereocenters. The summed E-state index contributed by atoms with van der Waals surface area (Å²) in [6.07, 6.45) is 0.824. The fourth-order valence-corrected chi connectivity index (χ4v) is 3.23. The molecule has 5 heteroatoms. The summed E-state index contributed by atoms with van der Waals surface area (Å²) in [6, 6.07) is 15.7. The second-order valence-electron chi connectivity index (χ2n) is 6.65. The van der Waals surface area contributed by atoms with Crippen LogP contribution in [0.4, 0.5) is 5.69 Å². The number of likely N-dealkylation sites (N-methyl/N-ethyl adjacent to an activating group) is 1. The molecule has 2 aromatic carbocycles. The van der Waals surface area contributed by atoms with Crippen molar-refractivity contribution < 1.29 is 9.53 Å². The van der Waals surface area contributed by atoms with Crippen LogP contribution in [0.15, 0.2) is 48.5 Å². The number of hydrogen-bond acceptors (Lipinski definition) is 4. The van der Waals surface area contributed by atoms with Crippen LogP contribution in [0.3, 0.4) is 0 Å². The van der Waals surface area contributed by atoms with Crippen molar-refractivity contribution in [2.24, 2.45) is 0 Å². The molecular formula is C21H27N3O2. The molecule has 1 fully saturated rings. The van der Waals surface area contributed by atoms with Gasteiger partial charge in [0.25, 0.3) is 5.91 Å². The molecule has 5 nitrogen and oxygen atoms in total. The number of ether oxygens (including phenoxy) is 1. The van der Waals surface area contributed by atoms with Crippen molar-refractivity contribution in [2.75, 3.05) is 51.8 Å². The van der Waals surface area contributed by atoms with Crippen molar-refractivity contribution in [2.45, 2.75) is 6.42 Å². The summed E-state index contributed by atoms with van der Waals surface area (Å²) in [5.41, 5.74) is 3.23. The van der Waals surface area contributed by atoms with Crippen molar-refractivity contribution in [1.82, 2.24) is 10.2 Å². The summed E-state index contributed by atoms with van der Waals surface area (Å²) < 4.78 is 5.13. The lowest BCUT2D eigenvalue weighted by atomic mass is 10.1. The zero-order valence-electron chi connectivity index (χ0n) is 15.6. The molecule has 1 N–H and O–H groups in total. The first-order chi connectivity index (χ1) is 12.7. The molecule has 0 saturated carbocycles. The quantitative estimate of drug-likeness (QED) is 0.866. The Hall–Kier alpha value is -2.53. The van der Waals surface area contributed by atoms with Gasteiger partial charge in [-0.15, -0.1) is 0 Å². The number of methoxy groups -OCH3 is 1. The van der Waals surface area contributed by atoms with E-state index in [9.17, 15) is 4.79 Å². The number of rotatable bonds is 6. The van der Waals surface area contributed by atoms with Crippen LogP contribution in [-0.4, -0.2) is 57.7 Å². The number of amides is 1. The average molecular weight is 353 g/mol. The van der Waals surface area contributed by atoms with Gasteiger partial charge >= 0.3 is 0 Å².